The highest BCUT2D eigenvalue weighted by Crippen LogP contribution is 2.35. The van der Waals surface area contributed by atoms with Crippen molar-refractivity contribution in [1.82, 2.24) is 10.2 Å². The van der Waals surface area contributed by atoms with Crippen molar-refractivity contribution in [1.29, 1.82) is 0 Å². The first-order valence-corrected chi connectivity index (χ1v) is 5.27. The zero-order chi connectivity index (χ0) is 9.10. The van der Waals surface area contributed by atoms with Crippen LogP contribution in [0.3, 0.4) is 0 Å². The second-order valence-corrected chi connectivity index (χ2v) is 4.22. The second kappa shape index (κ2) is 5.80. The Kier molecular flexibility index (Phi) is 5.01. The lowest BCUT2D eigenvalue weighted by atomic mass is 10.5. The monoisotopic (exact) mass is 278 g/mol. The van der Waals surface area contributed by atoms with E-state index < -0.39 is 0 Å². The minimum Gasteiger partial charge on any atom is -0.379 e. The number of rotatable bonds is 2. The number of hydrogen-bond acceptors (Lipinski definition) is 4. The number of thioether (sulfide) groups is 1. The van der Waals surface area contributed by atoms with E-state index in [-0.39, 0.29) is 17.0 Å². The molecule has 2 aliphatic rings. The molecule has 0 unspecified atom stereocenters. The SMILES string of the molecule is Br.COCC1=CN2CCNCC=C2S1. The highest BCUT2D eigenvalue weighted by molar-refractivity contribution is 8.93. The third kappa shape index (κ3) is 2.76. The second-order valence-electron chi connectivity index (χ2n) is 3.07. The van der Waals surface area contributed by atoms with Gasteiger partial charge in [0.15, 0.2) is 0 Å². The van der Waals surface area contributed by atoms with Gasteiger partial charge in [0.2, 0.25) is 0 Å². The van der Waals surface area contributed by atoms with Gasteiger partial charge in [-0.05, 0) is 6.08 Å². The molecule has 0 spiro atoms. The molecule has 80 valence electrons. The summed E-state index contributed by atoms with van der Waals surface area (Å²) in [6.45, 7) is 3.82. The topological polar surface area (TPSA) is 24.5 Å². The molecule has 14 heavy (non-hydrogen) atoms. The minimum atomic E-state index is 0. The van der Waals surface area contributed by atoms with E-state index in [1.165, 1.54) is 9.93 Å². The van der Waals surface area contributed by atoms with Crippen molar-refractivity contribution < 1.29 is 4.74 Å². The standard InChI is InChI=1S/C9H14N2OS.BrH/c1-12-7-8-6-11-5-4-10-3-2-9(11)13-8;/h2,6,10H,3-5,7H2,1H3;1H. The number of halogens is 1. The first kappa shape index (κ1) is 12.1. The fourth-order valence-corrected chi connectivity index (χ4v) is 2.51. The number of methoxy groups -OCH3 is 1. The molecule has 0 amide bonds. The van der Waals surface area contributed by atoms with Crippen LogP contribution in [0.25, 0.3) is 0 Å². The molecule has 0 saturated carbocycles. The molecular weight excluding hydrogens is 264 g/mol. The predicted octanol–water partition coefficient (Wildman–Crippen LogP) is 1.55. The van der Waals surface area contributed by atoms with Crippen molar-refractivity contribution in [3.63, 3.8) is 0 Å². The van der Waals surface area contributed by atoms with Gasteiger partial charge in [0.25, 0.3) is 0 Å². The maximum absolute atomic E-state index is 5.10. The molecule has 0 aliphatic carbocycles. The van der Waals surface area contributed by atoms with E-state index in [4.69, 9.17) is 4.74 Å². The normalized spacial score (nSPS) is 20.5. The summed E-state index contributed by atoms with van der Waals surface area (Å²) in [7, 11) is 1.74. The van der Waals surface area contributed by atoms with Gasteiger partial charge >= 0.3 is 0 Å². The van der Waals surface area contributed by atoms with Gasteiger partial charge < -0.3 is 15.0 Å². The Morgan fingerprint density at radius 1 is 1.64 bits per heavy atom. The molecule has 2 rings (SSSR count). The van der Waals surface area contributed by atoms with Crippen LogP contribution in [-0.4, -0.2) is 38.3 Å². The summed E-state index contributed by atoms with van der Waals surface area (Å²) in [6, 6.07) is 0. The molecule has 3 nitrogen and oxygen atoms in total. The van der Waals surface area contributed by atoms with Crippen molar-refractivity contribution in [3.8, 4) is 0 Å². The van der Waals surface area contributed by atoms with E-state index in [0.717, 1.165) is 26.2 Å². The van der Waals surface area contributed by atoms with Gasteiger partial charge in [0.05, 0.1) is 11.6 Å². The quantitative estimate of drug-likeness (QED) is 0.829. The summed E-state index contributed by atoms with van der Waals surface area (Å²) in [4.78, 5) is 3.59. The van der Waals surface area contributed by atoms with Crippen LogP contribution in [0.15, 0.2) is 22.2 Å². The molecular formula is C9H15BrN2OS. The molecule has 0 saturated heterocycles. The number of ether oxygens (including phenoxy) is 1. The molecule has 0 bridgehead atoms. The van der Waals surface area contributed by atoms with Gasteiger partial charge in [0, 0.05) is 37.8 Å². The van der Waals surface area contributed by atoms with Gasteiger partial charge in [0.1, 0.15) is 0 Å². The average molecular weight is 279 g/mol. The van der Waals surface area contributed by atoms with E-state index in [0.29, 0.717) is 0 Å². The molecule has 0 radical (unpaired) electrons. The summed E-state index contributed by atoms with van der Waals surface area (Å²) >= 11 is 1.82. The molecule has 2 aliphatic heterocycles. The lowest BCUT2D eigenvalue weighted by Crippen LogP contribution is -2.22. The highest BCUT2D eigenvalue weighted by Gasteiger charge is 2.19. The summed E-state index contributed by atoms with van der Waals surface area (Å²) in [5.41, 5.74) is 0. The van der Waals surface area contributed by atoms with Crippen molar-refractivity contribution in [2.45, 2.75) is 0 Å². The fraction of sp³-hybridized carbons (Fsp3) is 0.556. The van der Waals surface area contributed by atoms with E-state index in [1.807, 2.05) is 11.8 Å². The van der Waals surface area contributed by atoms with Crippen LogP contribution < -0.4 is 5.32 Å². The van der Waals surface area contributed by atoms with Crippen molar-refractivity contribution in [2.24, 2.45) is 0 Å². The Morgan fingerprint density at radius 3 is 3.29 bits per heavy atom. The van der Waals surface area contributed by atoms with Crippen LogP contribution >= 0.6 is 28.7 Å². The van der Waals surface area contributed by atoms with Gasteiger partial charge in [-0.25, -0.2) is 0 Å². The lowest BCUT2D eigenvalue weighted by Gasteiger charge is -2.13. The molecule has 0 atom stereocenters. The Balaban J connectivity index is 0.000000980. The number of nitrogens with zero attached hydrogens (tertiary/aromatic N) is 1. The first-order chi connectivity index (χ1) is 6.40. The summed E-state index contributed by atoms with van der Waals surface area (Å²) in [5.74, 6) is 0. The summed E-state index contributed by atoms with van der Waals surface area (Å²) in [5, 5.41) is 4.68. The van der Waals surface area contributed by atoms with Gasteiger partial charge in [-0.2, -0.15) is 0 Å². The molecule has 0 aromatic heterocycles. The predicted molar refractivity (Wildman–Crippen MR) is 65.5 cm³/mol. The van der Waals surface area contributed by atoms with Gasteiger partial charge in [-0.15, -0.1) is 17.0 Å². The first-order valence-electron chi connectivity index (χ1n) is 4.45. The third-order valence-electron chi connectivity index (χ3n) is 2.06. The van der Waals surface area contributed by atoms with Crippen LogP contribution in [0.5, 0.6) is 0 Å². The summed E-state index contributed by atoms with van der Waals surface area (Å²) in [6.07, 6.45) is 4.42. The average Bonchev–Trinajstić information content (AvgIpc) is 2.37. The van der Waals surface area contributed by atoms with Crippen molar-refractivity contribution in [3.05, 3.63) is 22.2 Å². The van der Waals surface area contributed by atoms with Crippen molar-refractivity contribution >= 4 is 28.7 Å². The molecule has 5 heteroatoms. The van der Waals surface area contributed by atoms with E-state index in [2.05, 4.69) is 22.5 Å². The van der Waals surface area contributed by atoms with Crippen LogP contribution in [-0.2, 0) is 4.74 Å². The Bertz CT molecular complexity index is 255. The number of hydrogen-bond donors (Lipinski definition) is 1. The van der Waals surface area contributed by atoms with Crippen LogP contribution in [0.1, 0.15) is 0 Å². The van der Waals surface area contributed by atoms with E-state index in [1.54, 1.807) is 7.11 Å². The zero-order valence-corrected chi connectivity index (χ0v) is 10.7. The molecule has 1 N–H and O–H groups in total. The van der Waals surface area contributed by atoms with Crippen LogP contribution in [0.2, 0.25) is 0 Å². The maximum atomic E-state index is 5.10. The number of nitrogens with one attached hydrogen (secondary N) is 1. The zero-order valence-electron chi connectivity index (χ0n) is 8.16. The molecule has 0 fully saturated rings. The van der Waals surface area contributed by atoms with Gasteiger partial charge in [-0.3, -0.25) is 0 Å². The minimum absolute atomic E-state index is 0. The fourth-order valence-electron chi connectivity index (χ4n) is 1.46. The van der Waals surface area contributed by atoms with Crippen LogP contribution in [0.4, 0.5) is 0 Å². The Labute approximate surface area is 99.3 Å². The number of fused-ring (bicyclic) bond motifs is 1. The molecule has 2 heterocycles. The Hall–Kier alpha value is 0.0300. The van der Waals surface area contributed by atoms with Crippen LogP contribution in [0, 0.1) is 0 Å². The molecule has 0 aromatic carbocycles. The third-order valence-corrected chi connectivity index (χ3v) is 3.15. The largest absolute Gasteiger partial charge is 0.379 e. The highest BCUT2D eigenvalue weighted by atomic mass is 79.9. The Morgan fingerprint density at radius 2 is 2.50 bits per heavy atom. The van der Waals surface area contributed by atoms with E-state index in [9.17, 15) is 0 Å². The van der Waals surface area contributed by atoms with Crippen molar-refractivity contribution in [2.75, 3.05) is 33.4 Å². The smallest absolute Gasteiger partial charge is 0.0790 e. The molecule has 0 aromatic rings. The lowest BCUT2D eigenvalue weighted by molar-refractivity contribution is 0.231. The summed E-state index contributed by atoms with van der Waals surface area (Å²) < 4.78 is 5.10. The van der Waals surface area contributed by atoms with E-state index >= 15 is 0 Å². The maximum Gasteiger partial charge on any atom is 0.0790 e. The van der Waals surface area contributed by atoms with Gasteiger partial charge in [-0.1, -0.05) is 11.8 Å².